The number of ketones is 1. The minimum absolute atomic E-state index is 0.0375. The van der Waals surface area contributed by atoms with Gasteiger partial charge in [-0.2, -0.15) is 0 Å². The van der Waals surface area contributed by atoms with E-state index in [0.717, 1.165) is 39.5 Å². The first kappa shape index (κ1) is 20.7. The molecule has 0 fully saturated rings. The summed E-state index contributed by atoms with van der Waals surface area (Å²) in [5.41, 5.74) is 5.62. The van der Waals surface area contributed by atoms with E-state index in [9.17, 15) is 4.79 Å². The molecule has 1 aliphatic carbocycles. The minimum Gasteiger partial charge on any atom is -0.494 e. The molecule has 3 aromatic rings. The second kappa shape index (κ2) is 8.71. The molecule has 1 aliphatic heterocycles. The maximum atomic E-state index is 13.7. The molecule has 0 saturated carbocycles. The zero-order valence-electron chi connectivity index (χ0n) is 17.9. The molecule has 2 atom stereocenters. The highest BCUT2D eigenvalue weighted by Gasteiger charge is 2.37. The monoisotopic (exact) mass is 444 g/mol. The fraction of sp³-hybridized carbons (Fsp3) is 0.222. The van der Waals surface area contributed by atoms with E-state index in [2.05, 4.69) is 10.6 Å². The van der Waals surface area contributed by atoms with Gasteiger partial charge in [0, 0.05) is 28.3 Å². The summed E-state index contributed by atoms with van der Waals surface area (Å²) in [4.78, 5) is 13.7. The number of benzene rings is 3. The molecular weight excluding hydrogens is 420 g/mol. The smallest absolute Gasteiger partial charge is 0.163 e. The third kappa shape index (κ3) is 3.76. The molecule has 2 aliphatic rings. The molecule has 32 heavy (non-hydrogen) atoms. The molecule has 0 unspecified atom stereocenters. The predicted molar refractivity (Wildman–Crippen MR) is 129 cm³/mol. The van der Waals surface area contributed by atoms with Crippen molar-refractivity contribution in [1.29, 1.82) is 0 Å². The van der Waals surface area contributed by atoms with E-state index in [1.807, 2.05) is 79.7 Å². The van der Waals surface area contributed by atoms with Crippen molar-refractivity contribution in [2.45, 2.75) is 31.7 Å². The summed E-state index contributed by atoms with van der Waals surface area (Å²) in [5, 5.41) is 7.91. The molecule has 5 heteroatoms. The first-order chi connectivity index (χ1) is 15.7. The number of hydrogen-bond donors (Lipinski definition) is 2. The summed E-state index contributed by atoms with van der Waals surface area (Å²) >= 11 is 6.50. The Balaban J connectivity index is 1.64. The molecular formula is C27H25ClN2O2. The largest absolute Gasteiger partial charge is 0.494 e. The third-order valence-electron chi connectivity index (χ3n) is 6.18. The van der Waals surface area contributed by atoms with E-state index in [4.69, 9.17) is 16.3 Å². The quantitative estimate of drug-likeness (QED) is 0.469. The fourth-order valence-electron chi connectivity index (χ4n) is 4.76. The number of nitrogens with one attached hydrogen (secondary N) is 2. The molecule has 3 aromatic carbocycles. The number of allylic oxidation sites excluding steroid dienone is 1. The highest BCUT2D eigenvalue weighted by Crippen LogP contribution is 2.46. The Bertz CT molecular complexity index is 1200. The fourth-order valence-corrected chi connectivity index (χ4v) is 5.05. The Morgan fingerprint density at radius 2 is 1.59 bits per heavy atom. The number of carbonyl (C=O) groups is 1. The van der Waals surface area contributed by atoms with Gasteiger partial charge in [0.05, 0.1) is 24.0 Å². The Labute approximate surface area is 193 Å². The van der Waals surface area contributed by atoms with Crippen LogP contribution in [0, 0.1) is 0 Å². The van der Waals surface area contributed by atoms with E-state index in [1.165, 1.54) is 0 Å². The number of hydrogen-bond acceptors (Lipinski definition) is 4. The van der Waals surface area contributed by atoms with Crippen LogP contribution in [0.15, 0.2) is 84.1 Å². The van der Waals surface area contributed by atoms with Crippen molar-refractivity contribution < 1.29 is 9.53 Å². The molecule has 162 valence electrons. The van der Waals surface area contributed by atoms with Gasteiger partial charge in [-0.25, -0.2) is 0 Å². The minimum atomic E-state index is -0.302. The normalized spacial score (nSPS) is 19.9. The number of ether oxygens (including phenoxy) is 1. The zero-order valence-corrected chi connectivity index (χ0v) is 18.7. The molecule has 0 spiro atoms. The average molecular weight is 445 g/mol. The molecule has 5 rings (SSSR count). The number of Topliss-reactive ketones (excluding diaryl/α,β-unsaturated/α-hetero) is 1. The lowest BCUT2D eigenvalue weighted by Gasteiger charge is -2.30. The SMILES string of the molecule is CCOc1ccccc1[C@H]1Nc2ccccc2NC2=C1C(=O)C[C@H](c1ccccc1Cl)C2. The lowest BCUT2D eigenvalue weighted by atomic mass is 9.78. The van der Waals surface area contributed by atoms with E-state index < -0.39 is 0 Å². The molecule has 2 N–H and O–H groups in total. The summed E-state index contributed by atoms with van der Waals surface area (Å²) in [7, 11) is 0. The second-order valence-electron chi connectivity index (χ2n) is 8.16. The summed E-state index contributed by atoms with van der Waals surface area (Å²) in [6.45, 7) is 2.53. The van der Waals surface area contributed by atoms with Crippen molar-refractivity contribution in [2.24, 2.45) is 0 Å². The van der Waals surface area contributed by atoms with Gasteiger partial charge in [-0.1, -0.05) is 60.1 Å². The van der Waals surface area contributed by atoms with Crippen molar-refractivity contribution in [3.63, 3.8) is 0 Å². The number of rotatable bonds is 4. The number of para-hydroxylation sites is 3. The number of anilines is 2. The molecule has 0 aromatic heterocycles. The lowest BCUT2D eigenvalue weighted by Crippen LogP contribution is -2.27. The first-order valence-corrected chi connectivity index (χ1v) is 11.4. The van der Waals surface area contributed by atoms with Gasteiger partial charge in [0.15, 0.2) is 5.78 Å². The molecule has 0 amide bonds. The van der Waals surface area contributed by atoms with E-state index in [-0.39, 0.29) is 17.7 Å². The van der Waals surface area contributed by atoms with Gasteiger partial charge in [-0.05, 0) is 49.1 Å². The van der Waals surface area contributed by atoms with Crippen LogP contribution in [0.4, 0.5) is 11.4 Å². The van der Waals surface area contributed by atoms with Gasteiger partial charge in [0.2, 0.25) is 0 Å². The van der Waals surface area contributed by atoms with Gasteiger partial charge in [-0.15, -0.1) is 0 Å². The molecule has 0 saturated heterocycles. The van der Waals surface area contributed by atoms with Crippen LogP contribution in [0.2, 0.25) is 5.02 Å². The van der Waals surface area contributed by atoms with E-state index in [0.29, 0.717) is 24.5 Å². The standard InChI is InChI=1S/C27H25ClN2O2/c1-2-32-25-14-8-4-10-19(25)27-26-23(29-21-12-6-7-13-22(21)30-27)15-17(16-24(26)31)18-9-3-5-11-20(18)28/h3-14,17,27,29-30H,2,15-16H2,1H3/t17-,27-/m1/s1. The molecule has 0 radical (unpaired) electrons. The van der Waals surface area contributed by atoms with Crippen LogP contribution in [-0.2, 0) is 4.79 Å². The summed E-state index contributed by atoms with van der Waals surface area (Å²) < 4.78 is 5.93. The maximum absolute atomic E-state index is 13.7. The third-order valence-corrected chi connectivity index (χ3v) is 6.53. The first-order valence-electron chi connectivity index (χ1n) is 11.0. The Hall–Kier alpha value is -3.24. The summed E-state index contributed by atoms with van der Waals surface area (Å²) in [5.74, 6) is 0.954. The van der Waals surface area contributed by atoms with Gasteiger partial charge in [-0.3, -0.25) is 4.79 Å². The van der Waals surface area contributed by atoms with Crippen molar-refractivity contribution in [2.75, 3.05) is 17.2 Å². The predicted octanol–water partition coefficient (Wildman–Crippen LogP) is 6.72. The van der Waals surface area contributed by atoms with Crippen molar-refractivity contribution >= 4 is 28.8 Å². The lowest BCUT2D eigenvalue weighted by molar-refractivity contribution is -0.116. The van der Waals surface area contributed by atoms with Gasteiger partial charge in [0.1, 0.15) is 5.75 Å². The van der Waals surface area contributed by atoms with Crippen molar-refractivity contribution in [3.8, 4) is 5.75 Å². The van der Waals surface area contributed by atoms with Gasteiger partial charge in [0.25, 0.3) is 0 Å². The van der Waals surface area contributed by atoms with Crippen LogP contribution in [0.1, 0.15) is 42.9 Å². The van der Waals surface area contributed by atoms with Crippen LogP contribution in [0.25, 0.3) is 0 Å². The van der Waals surface area contributed by atoms with E-state index >= 15 is 0 Å². The summed E-state index contributed by atoms with van der Waals surface area (Å²) in [6.07, 6.45) is 1.14. The van der Waals surface area contributed by atoms with E-state index in [1.54, 1.807) is 0 Å². The average Bonchev–Trinajstić information content (AvgIpc) is 2.97. The van der Waals surface area contributed by atoms with Crippen molar-refractivity contribution in [3.05, 3.63) is 100 Å². The Morgan fingerprint density at radius 1 is 0.906 bits per heavy atom. The molecule has 1 heterocycles. The Morgan fingerprint density at radius 3 is 2.38 bits per heavy atom. The highest BCUT2D eigenvalue weighted by molar-refractivity contribution is 6.31. The molecule has 0 bridgehead atoms. The topological polar surface area (TPSA) is 50.4 Å². The van der Waals surface area contributed by atoms with Gasteiger partial charge < -0.3 is 15.4 Å². The van der Waals surface area contributed by atoms with Crippen LogP contribution in [0.5, 0.6) is 5.75 Å². The highest BCUT2D eigenvalue weighted by atomic mass is 35.5. The maximum Gasteiger partial charge on any atom is 0.163 e. The zero-order chi connectivity index (χ0) is 22.1. The van der Waals surface area contributed by atoms with Crippen LogP contribution in [-0.4, -0.2) is 12.4 Å². The van der Waals surface area contributed by atoms with Crippen LogP contribution in [0.3, 0.4) is 0 Å². The number of fused-ring (bicyclic) bond motifs is 1. The second-order valence-corrected chi connectivity index (χ2v) is 8.57. The van der Waals surface area contributed by atoms with Crippen LogP contribution < -0.4 is 15.4 Å². The Kier molecular flexibility index (Phi) is 5.62. The number of carbonyl (C=O) groups excluding carboxylic acids is 1. The van der Waals surface area contributed by atoms with Crippen LogP contribution >= 0.6 is 11.6 Å². The summed E-state index contributed by atoms with van der Waals surface area (Å²) in [6, 6.07) is 23.5. The number of halogens is 1. The van der Waals surface area contributed by atoms with Crippen molar-refractivity contribution in [1.82, 2.24) is 0 Å². The molecule has 4 nitrogen and oxygen atoms in total. The van der Waals surface area contributed by atoms with Gasteiger partial charge >= 0.3 is 0 Å².